The highest BCUT2D eigenvalue weighted by Crippen LogP contribution is 2.48. The Morgan fingerprint density at radius 3 is 2.31 bits per heavy atom. The monoisotopic (exact) mass is 735 g/mol. The maximum Gasteiger partial charge on any atom is 0.417 e. The molecule has 1 aliphatic heterocycles. The fourth-order valence-electron chi connectivity index (χ4n) is 5.61. The molecule has 1 N–H and O–H groups in total. The number of hydrogen-bond donors (Lipinski definition) is 1. The van der Waals surface area contributed by atoms with E-state index in [1.165, 1.54) is 12.0 Å². The van der Waals surface area contributed by atoms with Crippen LogP contribution in [0.5, 0.6) is 11.9 Å². The number of hydrogen-bond acceptors (Lipinski definition) is 10. The van der Waals surface area contributed by atoms with Crippen molar-refractivity contribution in [2.45, 2.75) is 84.4 Å². The number of fused-ring (bicyclic) bond motifs is 2. The summed E-state index contributed by atoms with van der Waals surface area (Å²) in [4.78, 5) is 34.8. The van der Waals surface area contributed by atoms with Crippen LogP contribution in [0.15, 0.2) is 18.2 Å². The Morgan fingerprint density at radius 2 is 1.73 bits per heavy atom. The van der Waals surface area contributed by atoms with Gasteiger partial charge in [0.15, 0.2) is 5.82 Å². The first-order valence-corrected chi connectivity index (χ1v) is 16.4. The van der Waals surface area contributed by atoms with Crippen LogP contribution in [0.25, 0.3) is 32.1 Å². The molecule has 0 bridgehead atoms. The number of nitriles is 1. The molecule has 5 rings (SSSR count). The molecule has 51 heavy (non-hydrogen) atoms. The zero-order valence-electron chi connectivity index (χ0n) is 28.8. The number of anilines is 1. The average molecular weight is 736 g/mol. The Morgan fingerprint density at radius 1 is 1.06 bits per heavy atom. The molecule has 2 amide bonds. The molecule has 272 valence electrons. The number of nitrogens with one attached hydrogen (secondary N) is 1. The third-order valence-electron chi connectivity index (χ3n) is 7.73. The molecule has 0 saturated carbocycles. The van der Waals surface area contributed by atoms with Gasteiger partial charge in [0.1, 0.15) is 39.7 Å². The van der Waals surface area contributed by atoms with Crippen LogP contribution in [0.4, 0.5) is 36.5 Å². The first-order valence-electron chi connectivity index (χ1n) is 15.6. The molecule has 2 aromatic heterocycles. The minimum atomic E-state index is -5.20. The third-order valence-corrected chi connectivity index (χ3v) is 8.84. The number of thiophene rings is 1. The number of alkyl halides is 3. The molecule has 0 aliphatic carbocycles. The van der Waals surface area contributed by atoms with Gasteiger partial charge in [0.25, 0.3) is 0 Å². The number of carbonyl (C=O) groups is 2. The van der Waals surface area contributed by atoms with Crippen LogP contribution in [0.3, 0.4) is 0 Å². The molecule has 1 fully saturated rings. The molecule has 17 heteroatoms. The van der Waals surface area contributed by atoms with E-state index >= 15 is 8.78 Å². The van der Waals surface area contributed by atoms with E-state index in [4.69, 9.17) is 18.9 Å². The van der Waals surface area contributed by atoms with E-state index in [1.807, 2.05) is 0 Å². The lowest BCUT2D eigenvalue weighted by Crippen LogP contribution is -2.42. The average Bonchev–Trinajstić information content (AvgIpc) is 3.55. The van der Waals surface area contributed by atoms with Crippen LogP contribution in [-0.2, 0) is 15.7 Å². The van der Waals surface area contributed by atoms with Gasteiger partial charge in [-0.15, -0.1) is 11.3 Å². The van der Waals surface area contributed by atoms with Crippen molar-refractivity contribution in [2.75, 3.05) is 19.0 Å². The Kier molecular flexibility index (Phi) is 9.71. The molecule has 0 spiro atoms. The van der Waals surface area contributed by atoms with Gasteiger partial charge in [-0.25, -0.2) is 18.4 Å². The largest absolute Gasteiger partial charge is 0.471 e. The highest BCUT2D eigenvalue weighted by Gasteiger charge is 2.41. The number of aromatic nitrogens is 2. The number of carbonyl (C=O) groups excluding carboxylic acids is 2. The Labute approximate surface area is 293 Å². The van der Waals surface area contributed by atoms with Crippen molar-refractivity contribution in [3.8, 4) is 29.1 Å². The molecule has 1 aliphatic rings. The van der Waals surface area contributed by atoms with Crippen LogP contribution in [0.1, 0.15) is 66.0 Å². The number of methoxy groups -OCH3 is 1. The Bertz CT molecular complexity index is 2080. The smallest absolute Gasteiger partial charge is 0.417 e. The lowest BCUT2D eigenvalue weighted by molar-refractivity contribution is -0.137. The molecule has 2 aromatic carbocycles. The van der Waals surface area contributed by atoms with Gasteiger partial charge in [-0.05, 0) is 66.2 Å². The standard InChI is InChI=1S/C34H34F5N5O6S/c1-15-21(11-12-44(15)31(46)50-33(5,6)7)48-27-17-13-19(34(37,38)39)23(24(36)25(17)41-29(42-27)47-8)16-9-10-20(35)26-22(16)18(14-40)28(51-26)43-30(45)49-32(2,3)4/h9-10,13,15,21H,11-12H2,1-8H3,(H,43,45). The Hall–Kier alpha value is -4.98. The summed E-state index contributed by atoms with van der Waals surface area (Å²) < 4.78 is 98.3. The molecule has 0 radical (unpaired) electrons. The summed E-state index contributed by atoms with van der Waals surface area (Å²) >= 11 is 0.577. The molecular weight excluding hydrogens is 701 g/mol. The van der Waals surface area contributed by atoms with Crippen LogP contribution in [-0.4, -0.2) is 64.1 Å². The van der Waals surface area contributed by atoms with E-state index in [1.54, 1.807) is 54.5 Å². The number of halogens is 5. The van der Waals surface area contributed by atoms with Gasteiger partial charge < -0.3 is 23.8 Å². The lowest BCUT2D eigenvalue weighted by Gasteiger charge is -2.28. The molecule has 3 heterocycles. The summed E-state index contributed by atoms with van der Waals surface area (Å²) in [6.45, 7) is 11.8. The molecule has 11 nitrogen and oxygen atoms in total. The van der Waals surface area contributed by atoms with E-state index in [9.17, 15) is 28.0 Å². The highest BCUT2D eigenvalue weighted by molar-refractivity contribution is 7.23. The van der Waals surface area contributed by atoms with E-state index in [0.717, 1.165) is 12.1 Å². The summed E-state index contributed by atoms with van der Waals surface area (Å²) in [5.74, 6) is -2.84. The molecule has 2 atom stereocenters. The van der Waals surface area contributed by atoms with Gasteiger partial charge in [-0.3, -0.25) is 5.32 Å². The van der Waals surface area contributed by atoms with Crippen LogP contribution in [0.2, 0.25) is 0 Å². The summed E-state index contributed by atoms with van der Waals surface area (Å²) in [7, 11) is 1.17. The predicted molar refractivity (Wildman–Crippen MR) is 178 cm³/mol. The summed E-state index contributed by atoms with van der Waals surface area (Å²) in [6.07, 6.45) is -7.34. The normalized spacial score (nSPS) is 16.7. The van der Waals surface area contributed by atoms with Crippen molar-refractivity contribution in [1.29, 1.82) is 5.26 Å². The number of benzene rings is 2. The van der Waals surface area contributed by atoms with Crippen molar-refractivity contribution in [3.63, 3.8) is 0 Å². The van der Waals surface area contributed by atoms with Crippen molar-refractivity contribution in [2.24, 2.45) is 0 Å². The van der Waals surface area contributed by atoms with Gasteiger partial charge in [0.2, 0.25) is 5.88 Å². The summed E-state index contributed by atoms with van der Waals surface area (Å²) in [5, 5.41) is 11.4. The van der Waals surface area contributed by atoms with Gasteiger partial charge in [0, 0.05) is 23.9 Å². The van der Waals surface area contributed by atoms with E-state index in [-0.39, 0.29) is 28.1 Å². The maximum absolute atomic E-state index is 16.8. The van der Waals surface area contributed by atoms with Crippen molar-refractivity contribution >= 4 is 49.5 Å². The zero-order valence-corrected chi connectivity index (χ0v) is 29.7. The second-order valence-electron chi connectivity index (χ2n) is 13.7. The second-order valence-corrected chi connectivity index (χ2v) is 14.7. The number of rotatable bonds is 5. The van der Waals surface area contributed by atoms with Gasteiger partial charge in [0.05, 0.1) is 34.4 Å². The first kappa shape index (κ1) is 37.3. The van der Waals surface area contributed by atoms with Crippen LogP contribution < -0.4 is 14.8 Å². The number of ether oxygens (including phenoxy) is 4. The summed E-state index contributed by atoms with van der Waals surface area (Å²) in [5.41, 5.74) is -5.76. The minimum Gasteiger partial charge on any atom is -0.471 e. The van der Waals surface area contributed by atoms with Gasteiger partial charge in [-0.2, -0.15) is 28.4 Å². The number of likely N-dealkylation sites (tertiary alicyclic amines) is 1. The predicted octanol–water partition coefficient (Wildman–Crippen LogP) is 8.81. The molecule has 1 saturated heterocycles. The fraction of sp³-hybridized carbons (Fsp3) is 0.441. The van der Waals surface area contributed by atoms with E-state index in [2.05, 4.69) is 15.3 Å². The van der Waals surface area contributed by atoms with E-state index in [0.29, 0.717) is 17.4 Å². The molecular formula is C34H34F5N5O6S. The molecule has 2 unspecified atom stereocenters. The molecule has 4 aromatic rings. The third kappa shape index (κ3) is 7.55. The zero-order chi connectivity index (χ0) is 37.8. The minimum absolute atomic E-state index is 0.209. The number of amides is 2. The van der Waals surface area contributed by atoms with Gasteiger partial charge >= 0.3 is 24.4 Å². The Balaban J connectivity index is 1.69. The fourth-order valence-corrected chi connectivity index (χ4v) is 6.68. The topological polar surface area (TPSA) is 136 Å². The van der Waals surface area contributed by atoms with Crippen LogP contribution >= 0.6 is 11.3 Å². The van der Waals surface area contributed by atoms with Gasteiger partial charge in [-0.1, -0.05) is 6.07 Å². The highest BCUT2D eigenvalue weighted by atomic mass is 32.1. The van der Waals surface area contributed by atoms with Crippen LogP contribution in [0, 0.1) is 23.0 Å². The quantitative estimate of drug-likeness (QED) is 0.200. The van der Waals surface area contributed by atoms with Crippen molar-refractivity contribution in [3.05, 3.63) is 41.0 Å². The van der Waals surface area contributed by atoms with Crippen molar-refractivity contribution in [1.82, 2.24) is 14.9 Å². The SMILES string of the molecule is COc1nc(OC2CCN(C(=O)OC(C)(C)C)C2C)c2cc(C(F)(F)F)c(-c3ccc(F)c4sc(NC(=O)OC(C)(C)C)c(C#N)c34)c(F)c2n1. The first-order chi connectivity index (χ1) is 23.6. The second kappa shape index (κ2) is 13.3. The number of nitrogens with zero attached hydrogens (tertiary/aromatic N) is 4. The van der Waals surface area contributed by atoms with E-state index < -0.39 is 98.4 Å². The van der Waals surface area contributed by atoms with Crippen molar-refractivity contribution < 1.29 is 50.5 Å². The summed E-state index contributed by atoms with van der Waals surface area (Å²) in [6, 6.07) is 3.13. The maximum atomic E-state index is 16.8. The lowest BCUT2D eigenvalue weighted by atomic mass is 9.92.